The van der Waals surface area contributed by atoms with Gasteiger partial charge in [0, 0.05) is 10.0 Å². The predicted molar refractivity (Wildman–Crippen MR) is 93.9 cm³/mol. The monoisotopic (exact) mass is 373 g/mol. The first-order valence-electron chi connectivity index (χ1n) is 6.53. The second-order valence-corrected chi connectivity index (χ2v) is 5.93. The molecule has 0 atom stereocenters. The molecule has 0 amide bonds. The van der Waals surface area contributed by atoms with E-state index < -0.39 is 0 Å². The van der Waals surface area contributed by atoms with Crippen LogP contribution in [0.25, 0.3) is 11.3 Å². The summed E-state index contributed by atoms with van der Waals surface area (Å²) in [5.41, 5.74) is 2.54. The summed E-state index contributed by atoms with van der Waals surface area (Å²) >= 11 is 8.63. The van der Waals surface area contributed by atoms with Crippen molar-refractivity contribution < 1.29 is 5.11 Å². The highest BCUT2D eigenvalue weighted by Crippen LogP contribution is 2.20. The van der Waals surface area contributed by atoms with Crippen LogP contribution in [-0.4, -0.2) is 21.0 Å². The van der Waals surface area contributed by atoms with Gasteiger partial charge in [-0.3, -0.25) is 0 Å². The third-order valence-corrected chi connectivity index (χ3v) is 3.88. The molecule has 0 fully saturated rings. The zero-order valence-electron chi connectivity index (χ0n) is 11.4. The molecule has 4 nitrogen and oxygen atoms in total. The normalized spacial score (nSPS) is 11.1. The number of rotatable bonds is 3. The molecule has 0 bridgehead atoms. The lowest BCUT2D eigenvalue weighted by atomic mass is 10.2. The smallest absolute Gasteiger partial charge is 0.198 e. The Morgan fingerprint density at radius 1 is 1.18 bits per heavy atom. The number of hydrogen-bond acceptors (Lipinski definition) is 3. The Kier molecular flexibility index (Phi) is 4.22. The zero-order valence-corrected chi connectivity index (χ0v) is 13.8. The molecule has 1 aromatic heterocycles. The number of benzene rings is 2. The van der Waals surface area contributed by atoms with Crippen LogP contribution < -0.4 is 0 Å². The summed E-state index contributed by atoms with van der Waals surface area (Å²) in [7, 11) is 0. The summed E-state index contributed by atoms with van der Waals surface area (Å²) in [6.07, 6.45) is 3.39. The third kappa shape index (κ3) is 3.18. The van der Waals surface area contributed by atoms with E-state index in [1.807, 2.05) is 36.5 Å². The topological polar surface area (TPSA) is 53.3 Å². The molecular formula is C16H12BrN3OS. The molecule has 110 valence electrons. The van der Waals surface area contributed by atoms with Crippen LogP contribution >= 0.6 is 28.1 Å². The van der Waals surface area contributed by atoms with E-state index in [0.29, 0.717) is 10.3 Å². The van der Waals surface area contributed by atoms with E-state index in [-0.39, 0.29) is 5.75 Å². The molecule has 0 radical (unpaired) electrons. The molecule has 3 aromatic rings. The van der Waals surface area contributed by atoms with Crippen LogP contribution in [0.4, 0.5) is 0 Å². The minimum absolute atomic E-state index is 0.164. The Morgan fingerprint density at radius 2 is 1.95 bits per heavy atom. The number of hydrogen-bond donors (Lipinski definition) is 2. The largest absolute Gasteiger partial charge is 0.507 e. The van der Waals surface area contributed by atoms with Gasteiger partial charge in [-0.25, -0.2) is 4.68 Å². The zero-order chi connectivity index (χ0) is 15.5. The molecule has 1 heterocycles. The molecule has 0 spiro atoms. The minimum Gasteiger partial charge on any atom is -0.507 e. The maximum Gasteiger partial charge on any atom is 0.198 e. The number of nitrogens with one attached hydrogen (secondary N) is 1. The molecule has 22 heavy (non-hydrogen) atoms. The Morgan fingerprint density at radius 3 is 2.73 bits per heavy atom. The number of aromatic hydroxyl groups is 1. The lowest BCUT2D eigenvalue weighted by Gasteiger charge is -1.99. The molecular weight excluding hydrogens is 362 g/mol. The van der Waals surface area contributed by atoms with Crippen LogP contribution in [-0.2, 0) is 0 Å². The first kappa shape index (κ1) is 14.7. The summed E-state index contributed by atoms with van der Waals surface area (Å²) < 4.78 is 2.93. The lowest BCUT2D eigenvalue weighted by Crippen LogP contribution is -1.89. The van der Waals surface area contributed by atoms with E-state index in [4.69, 9.17) is 12.2 Å². The van der Waals surface area contributed by atoms with Gasteiger partial charge in [0.05, 0.1) is 18.1 Å². The van der Waals surface area contributed by atoms with Crippen LogP contribution in [0, 0.1) is 4.77 Å². The molecule has 0 saturated heterocycles. The van der Waals surface area contributed by atoms with E-state index in [9.17, 15) is 5.11 Å². The van der Waals surface area contributed by atoms with E-state index in [0.717, 1.165) is 15.7 Å². The van der Waals surface area contributed by atoms with E-state index in [1.165, 1.54) is 0 Å². The average molecular weight is 374 g/mol. The number of nitrogens with zero attached hydrogens (tertiary/aromatic N) is 2. The maximum absolute atomic E-state index is 9.81. The predicted octanol–water partition coefficient (Wildman–Crippen LogP) is 4.56. The molecule has 2 N–H and O–H groups in total. The fourth-order valence-corrected chi connectivity index (χ4v) is 2.58. The van der Waals surface area contributed by atoms with E-state index in [2.05, 4.69) is 26.0 Å². The van der Waals surface area contributed by atoms with Gasteiger partial charge in [-0.2, -0.15) is 5.10 Å². The first-order valence-corrected chi connectivity index (χ1v) is 7.73. The minimum atomic E-state index is 0.164. The van der Waals surface area contributed by atoms with Crippen molar-refractivity contribution >= 4 is 34.4 Å². The number of phenolic OH excluding ortho intramolecular Hbond substituents is 1. The first-order chi connectivity index (χ1) is 10.6. The third-order valence-electron chi connectivity index (χ3n) is 3.10. The van der Waals surface area contributed by atoms with E-state index >= 15 is 0 Å². The summed E-state index contributed by atoms with van der Waals surface area (Å²) in [4.78, 5) is 3.12. The second kappa shape index (κ2) is 6.29. The van der Waals surface area contributed by atoms with Crippen molar-refractivity contribution in [3.63, 3.8) is 0 Å². The summed E-state index contributed by atoms with van der Waals surface area (Å²) in [6, 6.07) is 15.0. The summed E-state index contributed by atoms with van der Waals surface area (Å²) in [6.45, 7) is 0. The second-order valence-electron chi connectivity index (χ2n) is 4.63. The quantitative estimate of drug-likeness (QED) is 0.522. The van der Waals surface area contributed by atoms with Crippen molar-refractivity contribution in [1.29, 1.82) is 0 Å². The molecule has 0 aliphatic carbocycles. The van der Waals surface area contributed by atoms with Crippen LogP contribution in [0.2, 0.25) is 0 Å². The van der Waals surface area contributed by atoms with Crippen LogP contribution in [0.3, 0.4) is 0 Å². The number of halogens is 1. The van der Waals surface area contributed by atoms with Gasteiger partial charge in [0.1, 0.15) is 5.75 Å². The Hall–Kier alpha value is -2.18. The van der Waals surface area contributed by atoms with Gasteiger partial charge < -0.3 is 10.1 Å². The van der Waals surface area contributed by atoms with Crippen molar-refractivity contribution in [2.24, 2.45) is 5.10 Å². The van der Waals surface area contributed by atoms with Crippen LogP contribution in [0.1, 0.15) is 5.56 Å². The fraction of sp³-hybridized carbons (Fsp3) is 0. The highest BCUT2D eigenvalue weighted by atomic mass is 79.9. The molecule has 0 saturated carbocycles. The van der Waals surface area contributed by atoms with Gasteiger partial charge in [0.15, 0.2) is 4.77 Å². The van der Waals surface area contributed by atoms with Crippen molar-refractivity contribution in [3.05, 3.63) is 69.5 Å². The van der Waals surface area contributed by atoms with E-state index in [1.54, 1.807) is 29.1 Å². The van der Waals surface area contributed by atoms with Crippen molar-refractivity contribution in [1.82, 2.24) is 9.66 Å². The van der Waals surface area contributed by atoms with Crippen LogP contribution in [0.5, 0.6) is 5.75 Å². The SMILES string of the molecule is Oc1ccc(Br)cc1/C=N/n1cc(-c2ccccc2)[nH]c1=S. The lowest BCUT2D eigenvalue weighted by molar-refractivity contribution is 0.474. The fourth-order valence-electron chi connectivity index (χ4n) is 1.99. The standard InChI is InChI=1S/C16H12BrN3OS/c17-13-6-7-15(21)12(8-13)9-18-20-10-14(19-16(20)22)11-4-2-1-3-5-11/h1-10,21H,(H,19,22)/b18-9+. The number of phenols is 1. The van der Waals surface area contributed by atoms with Gasteiger partial charge in [0.2, 0.25) is 0 Å². The number of imidazole rings is 1. The van der Waals surface area contributed by atoms with Gasteiger partial charge in [-0.15, -0.1) is 0 Å². The van der Waals surface area contributed by atoms with Crippen molar-refractivity contribution in [3.8, 4) is 17.0 Å². The Balaban J connectivity index is 1.93. The summed E-state index contributed by atoms with van der Waals surface area (Å²) in [5, 5.41) is 14.1. The molecule has 0 aliphatic heterocycles. The Bertz CT molecular complexity index is 884. The summed E-state index contributed by atoms with van der Waals surface area (Å²) in [5.74, 6) is 0.164. The van der Waals surface area contributed by atoms with Gasteiger partial charge in [0.25, 0.3) is 0 Å². The average Bonchev–Trinajstić information content (AvgIpc) is 2.90. The number of aromatic amines is 1. The molecule has 0 unspecified atom stereocenters. The maximum atomic E-state index is 9.81. The number of H-pyrrole nitrogens is 1. The molecule has 2 aromatic carbocycles. The molecule has 0 aliphatic rings. The van der Waals surface area contributed by atoms with Gasteiger partial charge in [-0.05, 0) is 36.0 Å². The van der Waals surface area contributed by atoms with Crippen molar-refractivity contribution in [2.45, 2.75) is 0 Å². The highest BCUT2D eigenvalue weighted by molar-refractivity contribution is 9.10. The van der Waals surface area contributed by atoms with Crippen molar-refractivity contribution in [2.75, 3.05) is 0 Å². The molecule has 6 heteroatoms. The van der Waals surface area contributed by atoms with Crippen LogP contribution in [0.15, 0.2) is 64.3 Å². The Labute approximate surface area is 140 Å². The van der Waals surface area contributed by atoms with Gasteiger partial charge in [-0.1, -0.05) is 46.3 Å². The molecule has 3 rings (SSSR count). The number of aromatic nitrogens is 2. The van der Waals surface area contributed by atoms with Gasteiger partial charge >= 0.3 is 0 Å². The highest BCUT2D eigenvalue weighted by Gasteiger charge is 2.03.